The lowest BCUT2D eigenvalue weighted by Crippen LogP contribution is -2.34. The number of nitrogens with zero attached hydrogens (tertiary/aromatic N) is 4. The second-order valence-electron chi connectivity index (χ2n) is 6.29. The molecule has 0 spiro atoms. The SMILES string of the molecule is COc1ccccc1N(Cc1nc2nc(C)cc(=O)n2[nH]1)C(=O)C(C)C. The fourth-order valence-electron chi connectivity index (χ4n) is 2.70. The Morgan fingerprint density at radius 2 is 2.04 bits per heavy atom. The predicted molar refractivity (Wildman–Crippen MR) is 97.4 cm³/mol. The van der Waals surface area contributed by atoms with Crippen LogP contribution in [0.15, 0.2) is 35.1 Å². The minimum Gasteiger partial charge on any atom is -0.495 e. The highest BCUT2D eigenvalue weighted by atomic mass is 16.5. The largest absolute Gasteiger partial charge is 0.495 e. The van der Waals surface area contributed by atoms with Crippen LogP contribution in [-0.2, 0) is 11.3 Å². The van der Waals surface area contributed by atoms with Gasteiger partial charge in [-0.3, -0.25) is 14.7 Å². The minimum atomic E-state index is -0.245. The number of carbonyl (C=O) groups is 1. The van der Waals surface area contributed by atoms with Crippen molar-refractivity contribution in [2.75, 3.05) is 12.0 Å². The van der Waals surface area contributed by atoms with Gasteiger partial charge in [0, 0.05) is 17.7 Å². The van der Waals surface area contributed by atoms with Crippen molar-refractivity contribution in [1.82, 2.24) is 19.6 Å². The number of anilines is 1. The number of fused-ring (bicyclic) bond motifs is 1. The van der Waals surface area contributed by atoms with E-state index in [0.717, 1.165) is 0 Å². The van der Waals surface area contributed by atoms with Gasteiger partial charge in [-0.05, 0) is 19.1 Å². The molecule has 3 aromatic rings. The lowest BCUT2D eigenvalue weighted by molar-refractivity contribution is -0.121. The second kappa shape index (κ2) is 6.99. The van der Waals surface area contributed by atoms with Gasteiger partial charge in [0.2, 0.25) is 5.91 Å². The highest BCUT2D eigenvalue weighted by Crippen LogP contribution is 2.29. The molecule has 0 saturated heterocycles. The number of hydrogen-bond donors (Lipinski definition) is 1. The van der Waals surface area contributed by atoms with Gasteiger partial charge >= 0.3 is 0 Å². The summed E-state index contributed by atoms with van der Waals surface area (Å²) in [6, 6.07) is 8.72. The first-order chi connectivity index (χ1) is 12.4. The van der Waals surface area contributed by atoms with Gasteiger partial charge < -0.3 is 9.64 Å². The highest BCUT2D eigenvalue weighted by molar-refractivity contribution is 5.95. The predicted octanol–water partition coefficient (Wildman–Crippen LogP) is 1.92. The van der Waals surface area contributed by atoms with Crippen molar-refractivity contribution >= 4 is 17.4 Å². The van der Waals surface area contributed by atoms with Gasteiger partial charge in [-0.1, -0.05) is 26.0 Å². The van der Waals surface area contributed by atoms with Gasteiger partial charge in [-0.25, -0.2) is 4.98 Å². The van der Waals surface area contributed by atoms with Crippen LogP contribution >= 0.6 is 0 Å². The number of carbonyl (C=O) groups excluding carboxylic acids is 1. The molecule has 0 aliphatic heterocycles. The molecule has 0 aliphatic rings. The van der Waals surface area contributed by atoms with E-state index in [1.807, 2.05) is 32.0 Å². The molecule has 0 bridgehead atoms. The maximum absolute atomic E-state index is 12.8. The first kappa shape index (κ1) is 17.7. The van der Waals surface area contributed by atoms with Crippen molar-refractivity contribution in [2.24, 2.45) is 5.92 Å². The Balaban J connectivity index is 2.05. The van der Waals surface area contributed by atoms with E-state index in [2.05, 4.69) is 15.1 Å². The molecule has 2 heterocycles. The van der Waals surface area contributed by atoms with Crippen LogP contribution in [0.25, 0.3) is 5.78 Å². The fourth-order valence-corrected chi connectivity index (χ4v) is 2.70. The zero-order chi connectivity index (χ0) is 18.8. The molecule has 0 radical (unpaired) electrons. The average Bonchev–Trinajstić information content (AvgIpc) is 3.02. The summed E-state index contributed by atoms with van der Waals surface area (Å²) in [6.45, 7) is 5.57. The smallest absolute Gasteiger partial charge is 0.274 e. The van der Waals surface area contributed by atoms with Crippen LogP contribution in [-0.4, -0.2) is 32.6 Å². The van der Waals surface area contributed by atoms with E-state index in [9.17, 15) is 9.59 Å². The molecule has 1 amide bonds. The lowest BCUT2D eigenvalue weighted by atomic mass is 10.1. The van der Waals surface area contributed by atoms with E-state index in [1.54, 1.807) is 25.0 Å². The standard InChI is InChI=1S/C18H21N5O3/c1-11(2)17(25)22(13-7-5-6-8-14(13)26-4)10-15-20-18-19-12(3)9-16(24)23(18)21-15/h5-9,11H,10H2,1-4H3,(H,19,20,21). The van der Waals surface area contributed by atoms with E-state index in [0.29, 0.717) is 23.0 Å². The van der Waals surface area contributed by atoms with Crippen molar-refractivity contribution in [2.45, 2.75) is 27.3 Å². The molecule has 0 fully saturated rings. The second-order valence-corrected chi connectivity index (χ2v) is 6.29. The molecule has 2 aromatic heterocycles. The third-order valence-corrected chi connectivity index (χ3v) is 3.95. The molecular formula is C18H21N5O3. The number of nitrogens with one attached hydrogen (secondary N) is 1. The monoisotopic (exact) mass is 355 g/mol. The van der Waals surface area contributed by atoms with Crippen molar-refractivity contribution in [3.05, 3.63) is 52.2 Å². The number of methoxy groups -OCH3 is 1. The number of benzene rings is 1. The van der Waals surface area contributed by atoms with Crippen LogP contribution in [0.2, 0.25) is 0 Å². The Labute approximate surface area is 150 Å². The summed E-state index contributed by atoms with van der Waals surface area (Å²) in [4.78, 5) is 35.1. The van der Waals surface area contributed by atoms with E-state index < -0.39 is 0 Å². The van der Waals surface area contributed by atoms with E-state index >= 15 is 0 Å². The summed E-state index contributed by atoms with van der Waals surface area (Å²) in [6.07, 6.45) is 0. The normalized spacial score (nSPS) is 11.1. The molecule has 0 unspecified atom stereocenters. The van der Waals surface area contributed by atoms with Crippen molar-refractivity contribution in [3.63, 3.8) is 0 Å². The Morgan fingerprint density at radius 3 is 2.73 bits per heavy atom. The zero-order valence-electron chi connectivity index (χ0n) is 15.2. The molecule has 0 saturated carbocycles. The van der Waals surface area contributed by atoms with E-state index in [4.69, 9.17) is 4.74 Å². The molecule has 136 valence electrons. The third kappa shape index (κ3) is 3.30. The number of aryl methyl sites for hydroxylation is 1. The molecule has 0 aliphatic carbocycles. The van der Waals surface area contributed by atoms with Crippen LogP contribution in [0.3, 0.4) is 0 Å². The van der Waals surface area contributed by atoms with Gasteiger partial charge in [0.1, 0.15) is 11.6 Å². The quantitative estimate of drug-likeness (QED) is 0.755. The van der Waals surface area contributed by atoms with Gasteiger partial charge in [0.25, 0.3) is 11.3 Å². The summed E-state index contributed by atoms with van der Waals surface area (Å²) < 4.78 is 6.66. The maximum Gasteiger partial charge on any atom is 0.274 e. The fraction of sp³-hybridized carbons (Fsp3) is 0.333. The topological polar surface area (TPSA) is 92.6 Å². The molecule has 8 heteroatoms. The lowest BCUT2D eigenvalue weighted by Gasteiger charge is -2.25. The van der Waals surface area contributed by atoms with Gasteiger partial charge in [0.15, 0.2) is 0 Å². The van der Waals surface area contributed by atoms with Crippen LogP contribution < -0.4 is 15.2 Å². The summed E-state index contributed by atoms with van der Waals surface area (Å²) in [5.74, 6) is 1.03. The van der Waals surface area contributed by atoms with Crippen LogP contribution in [0.5, 0.6) is 5.75 Å². The molecule has 1 aromatic carbocycles. The number of aromatic nitrogens is 4. The number of hydrogen-bond acceptors (Lipinski definition) is 5. The summed E-state index contributed by atoms with van der Waals surface area (Å²) >= 11 is 0. The average molecular weight is 355 g/mol. The van der Waals surface area contributed by atoms with Crippen molar-refractivity contribution in [3.8, 4) is 5.75 Å². The summed E-state index contributed by atoms with van der Waals surface area (Å²) in [5.41, 5.74) is 0.990. The minimum absolute atomic E-state index is 0.0774. The van der Waals surface area contributed by atoms with Gasteiger partial charge in [0.05, 0.1) is 19.3 Å². The number of H-pyrrole nitrogens is 1. The Hall–Kier alpha value is -3.16. The zero-order valence-corrected chi connectivity index (χ0v) is 15.2. The van der Waals surface area contributed by atoms with Gasteiger partial charge in [-0.2, -0.15) is 9.50 Å². The third-order valence-electron chi connectivity index (χ3n) is 3.95. The molecule has 1 N–H and O–H groups in total. The first-order valence-corrected chi connectivity index (χ1v) is 8.30. The van der Waals surface area contributed by atoms with E-state index in [1.165, 1.54) is 10.6 Å². The Morgan fingerprint density at radius 1 is 1.31 bits per heavy atom. The Bertz CT molecular complexity index is 1010. The summed E-state index contributed by atoms with van der Waals surface area (Å²) in [5, 5.41) is 2.92. The highest BCUT2D eigenvalue weighted by Gasteiger charge is 2.23. The van der Waals surface area contributed by atoms with E-state index in [-0.39, 0.29) is 29.7 Å². The molecule has 3 rings (SSSR count). The number of para-hydroxylation sites is 2. The molecule has 0 atom stereocenters. The maximum atomic E-state index is 12.8. The summed E-state index contributed by atoms with van der Waals surface area (Å²) in [7, 11) is 1.56. The number of amides is 1. The van der Waals surface area contributed by atoms with Crippen LogP contribution in [0, 0.1) is 12.8 Å². The molecule has 8 nitrogen and oxygen atoms in total. The van der Waals surface area contributed by atoms with Crippen molar-refractivity contribution < 1.29 is 9.53 Å². The number of rotatable bonds is 5. The number of ether oxygens (including phenoxy) is 1. The first-order valence-electron chi connectivity index (χ1n) is 8.30. The number of aromatic amines is 1. The van der Waals surface area contributed by atoms with Gasteiger partial charge in [-0.15, -0.1) is 0 Å². The molecular weight excluding hydrogens is 334 g/mol. The Kier molecular flexibility index (Phi) is 4.75. The van der Waals surface area contributed by atoms with Crippen LogP contribution in [0.1, 0.15) is 25.4 Å². The van der Waals surface area contributed by atoms with Crippen molar-refractivity contribution in [1.29, 1.82) is 0 Å². The van der Waals surface area contributed by atoms with Crippen LogP contribution in [0.4, 0.5) is 5.69 Å². The molecule has 26 heavy (non-hydrogen) atoms.